The third-order valence-electron chi connectivity index (χ3n) is 3.66. The van der Waals surface area contributed by atoms with Crippen molar-refractivity contribution in [2.75, 3.05) is 0 Å². The van der Waals surface area contributed by atoms with Gasteiger partial charge in [0.1, 0.15) is 11.3 Å². The van der Waals surface area contributed by atoms with E-state index >= 15 is 0 Å². The number of carbonyl (C=O) groups is 2. The maximum Gasteiger partial charge on any atom is 0.339 e. The van der Waals surface area contributed by atoms with Gasteiger partial charge in [-0.1, -0.05) is 13.0 Å². The topological polar surface area (TPSA) is 110 Å². The van der Waals surface area contributed by atoms with Crippen molar-refractivity contribution in [3.05, 3.63) is 53.4 Å². The van der Waals surface area contributed by atoms with Crippen LogP contribution in [0.1, 0.15) is 52.4 Å². The molecule has 0 aliphatic heterocycles. The number of carbonyl (C=O) groups excluding carboxylic acids is 1. The molecule has 0 aliphatic carbocycles. The second-order valence-electron chi connectivity index (χ2n) is 5.29. The van der Waals surface area contributed by atoms with Crippen molar-refractivity contribution in [2.45, 2.75) is 26.3 Å². The molecule has 0 fully saturated rings. The number of aryl methyl sites for hydroxylation is 1. The Morgan fingerprint density at radius 2 is 2.17 bits per heavy atom. The molecule has 0 bridgehead atoms. The number of hydrogen-bond acceptors (Lipinski definition) is 5. The van der Waals surface area contributed by atoms with Gasteiger partial charge in [0.05, 0.1) is 6.04 Å². The Morgan fingerprint density at radius 1 is 1.38 bits per heavy atom. The highest BCUT2D eigenvalue weighted by Crippen LogP contribution is 2.18. The molecule has 3 heterocycles. The lowest BCUT2D eigenvalue weighted by Crippen LogP contribution is -2.27. The SMILES string of the molecule is CCc1oc(C(=O)NC(C)c2nnc3ccccn23)cc1C(=O)O. The largest absolute Gasteiger partial charge is 0.478 e. The van der Waals surface area contributed by atoms with E-state index in [1.165, 1.54) is 6.07 Å². The summed E-state index contributed by atoms with van der Waals surface area (Å²) in [6.07, 6.45) is 2.19. The van der Waals surface area contributed by atoms with Crippen LogP contribution < -0.4 is 5.32 Å². The number of carboxylic acids is 1. The molecule has 124 valence electrons. The summed E-state index contributed by atoms with van der Waals surface area (Å²) in [6.45, 7) is 3.53. The minimum Gasteiger partial charge on any atom is -0.478 e. The molecule has 0 saturated heterocycles. The molecule has 3 aromatic heterocycles. The average molecular weight is 328 g/mol. The van der Waals surface area contributed by atoms with E-state index in [9.17, 15) is 9.59 Å². The van der Waals surface area contributed by atoms with Crippen LogP contribution in [0.2, 0.25) is 0 Å². The smallest absolute Gasteiger partial charge is 0.339 e. The molecule has 0 radical (unpaired) electrons. The lowest BCUT2D eigenvalue weighted by molar-refractivity contribution is 0.0694. The lowest BCUT2D eigenvalue weighted by atomic mass is 10.2. The minimum absolute atomic E-state index is 0.00299. The quantitative estimate of drug-likeness (QED) is 0.742. The van der Waals surface area contributed by atoms with Gasteiger partial charge in [0.2, 0.25) is 0 Å². The number of nitrogens with zero attached hydrogens (tertiary/aromatic N) is 3. The standard InChI is InChI=1S/C16H16N4O4/c1-3-11-10(16(22)23)8-12(24-11)15(21)17-9(2)14-19-18-13-6-4-5-7-20(13)14/h4-9H,3H2,1-2H3,(H,17,21)(H,22,23). The Balaban J connectivity index is 1.83. The van der Waals surface area contributed by atoms with Gasteiger partial charge in [0.15, 0.2) is 17.2 Å². The normalized spacial score (nSPS) is 12.2. The van der Waals surface area contributed by atoms with Gasteiger partial charge in [-0.3, -0.25) is 9.20 Å². The Kier molecular flexibility index (Phi) is 4.03. The molecule has 3 aromatic rings. The molecule has 3 rings (SSSR count). The van der Waals surface area contributed by atoms with Crippen LogP contribution >= 0.6 is 0 Å². The third-order valence-corrected chi connectivity index (χ3v) is 3.66. The number of furan rings is 1. The summed E-state index contributed by atoms with van der Waals surface area (Å²) in [5.41, 5.74) is 0.677. The summed E-state index contributed by atoms with van der Waals surface area (Å²) in [5, 5.41) is 20.0. The van der Waals surface area contributed by atoms with Crippen LogP contribution in [0.4, 0.5) is 0 Å². The Hall–Kier alpha value is -3.16. The van der Waals surface area contributed by atoms with E-state index in [-0.39, 0.29) is 17.1 Å². The first-order valence-corrected chi connectivity index (χ1v) is 7.47. The Morgan fingerprint density at radius 3 is 2.83 bits per heavy atom. The zero-order chi connectivity index (χ0) is 17.3. The highest BCUT2D eigenvalue weighted by molar-refractivity contribution is 5.96. The highest BCUT2D eigenvalue weighted by atomic mass is 16.4. The van der Waals surface area contributed by atoms with Crippen LogP contribution in [0.3, 0.4) is 0 Å². The first-order chi connectivity index (χ1) is 11.5. The highest BCUT2D eigenvalue weighted by Gasteiger charge is 2.22. The molecule has 2 N–H and O–H groups in total. The lowest BCUT2D eigenvalue weighted by Gasteiger charge is -2.11. The fourth-order valence-corrected chi connectivity index (χ4v) is 2.47. The molecule has 8 heteroatoms. The molecular formula is C16H16N4O4. The second kappa shape index (κ2) is 6.15. The molecular weight excluding hydrogens is 312 g/mol. The fraction of sp³-hybridized carbons (Fsp3) is 0.250. The first kappa shape index (κ1) is 15.7. The molecule has 24 heavy (non-hydrogen) atoms. The zero-order valence-electron chi connectivity index (χ0n) is 13.2. The van der Waals surface area contributed by atoms with E-state index in [4.69, 9.17) is 9.52 Å². The summed E-state index contributed by atoms with van der Waals surface area (Å²) < 4.78 is 7.13. The molecule has 1 unspecified atom stereocenters. The number of rotatable bonds is 5. The molecule has 0 saturated carbocycles. The zero-order valence-corrected chi connectivity index (χ0v) is 13.2. The molecule has 0 aliphatic rings. The van der Waals surface area contributed by atoms with E-state index in [0.29, 0.717) is 17.9 Å². The van der Waals surface area contributed by atoms with Crippen molar-refractivity contribution < 1.29 is 19.1 Å². The number of carboxylic acid groups (broad SMARTS) is 1. The van der Waals surface area contributed by atoms with Gasteiger partial charge in [0, 0.05) is 18.7 Å². The van der Waals surface area contributed by atoms with Crippen LogP contribution in [0.5, 0.6) is 0 Å². The molecule has 1 amide bonds. The van der Waals surface area contributed by atoms with Gasteiger partial charge < -0.3 is 14.8 Å². The minimum atomic E-state index is -1.12. The van der Waals surface area contributed by atoms with E-state index < -0.39 is 17.9 Å². The van der Waals surface area contributed by atoms with Crippen LogP contribution in [0, 0.1) is 0 Å². The first-order valence-electron chi connectivity index (χ1n) is 7.47. The predicted molar refractivity (Wildman–Crippen MR) is 83.9 cm³/mol. The van der Waals surface area contributed by atoms with Gasteiger partial charge in [-0.2, -0.15) is 0 Å². The van der Waals surface area contributed by atoms with Crippen molar-refractivity contribution >= 4 is 17.5 Å². The van der Waals surface area contributed by atoms with Crippen molar-refractivity contribution in [1.29, 1.82) is 0 Å². The summed E-state index contributed by atoms with van der Waals surface area (Å²) in [5.74, 6) is -0.818. The van der Waals surface area contributed by atoms with Crippen molar-refractivity contribution in [3.8, 4) is 0 Å². The van der Waals surface area contributed by atoms with Gasteiger partial charge >= 0.3 is 5.97 Å². The van der Waals surface area contributed by atoms with Crippen LogP contribution in [0.25, 0.3) is 5.65 Å². The number of pyridine rings is 1. The van der Waals surface area contributed by atoms with Crippen molar-refractivity contribution in [1.82, 2.24) is 19.9 Å². The number of hydrogen-bond donors (Lipinski definition) is 2. The summed E-state index contributed by atoms with van der Waals surface area (Å²) in [6, 6.07) is 6.31. The molecule has 8 nitrogen and oxygen atoms in total. The predicted octanol–water partition coefficient (Wildman–Crippen LogP) is 2.07. The summed E-state index contributed by atoms with van der Waals surface area (Å²) in [7, 11) is 0. The number of fused-ring (bicyclic) bond motifs is 1. The van der Waals surface area contributed by atoms with Crippen LogP contribution in [0.15, 0.2) is 34.9 Å². The molecule has 0 aromatic carbocycles. The maximum absolute atomic E-state index is 12.3. The van der Waals surface area contributed by atoms with E-state index in [0.717, 1.165) is 0 Å². The van der Waals surface area contributed by atoms with Gasteiger partial charge in [-0.25, -0.2) is 4.79 Å². The Labute approximate surface area is 137 Å². The number of nitrogens with one attached hydrogen (secondary N) is 1. The van der Waals surface area contributed by atoms with Crippen LogP contribution in [-0.4, -0.2) is 31.6 Å². The monoisotopic (exact) mass is 328 g/mol. The molecule has 1 atom stereocenters. The van der Waals surface area contributed by atoms with E-state index in [2.05, 4.69) is 15.5 Å². The van der Waals surface area contributed by atoms with Crippen molar-refractivity contribution in [2.24, 2.45) is 0 Å². The van der Waals surface area contributed by atoms with Crippen LogP contribution in [-0.2, 0) is 6.42 Å². The number of aromatic carboxylic acids is 1. The van der Waals surface area contributed by atoms with E-state index in [1.54, 1.807) is 24.4 Å². The van der Waals surface area contributed by atoms with E-state index in [1.807, 2.05) is 18.2 Å². The maximum atomic E-state index is 12.3. The van der Waals surface area contributed by atoms with Gasteiger partial charge in [-0.05, 0) is 19.1 Å². The third kappa shape index (κ3) is 2.73. The average Bonchev–Trinajstić information content (AvgIpc) is 3.19. The van der Waals surface area contributed by atoms with Gasteiger partial charge in [0.25, 0.3) is 5.91 Å². The van der Waals surface area contributed by atoms with Crippen molar-refractivity contribution in [3.63, 3.8) is 0 Å². The summed E-state index contributed by atoms with van der Waals surface area (Å²) in [4.78, 5) is 23.5. The number of amides is 1. The number of aromatic nitrogens is 3. The Bertz CT molecular complexity index is 912. The second-order valence-corrected chi connectivity index (χ2v) is 5.29. The molecule has 0 spiro atoms. The van der Waals surface area contributed by atoms with Gasteiger partial charge in [-0.15, -0.1) is 10.2 Å². The fourth-order valence-electron chi connectivity index (χ4n) is 2.47. The summed E-state index contributed by atoms with van der Waals surface area (Å²) >= 11 is 0.